The van der Waals surface area contributed by atoms with Gasteiger partial charge in [0.15, 0.2) is 0 Å². The van der Waals surface area contributed by atoms with Gasteiger partial charge in [0.05, 0.1) is 12.2 Å². The Balaban J connectivity index is 2.05. The molecule has 0 amide bonds. The molecule has 1 N–H and O–H groups in total. The lowest BCUT2D eigenvalue weighted by molar-refractivity contribution is 0.322. The largest absolute Gasteiger partial charge is 0.313 e. The van der Waals surface area contributed by atoms with Crippen molar-refractivity contribution in [2.24, 2.45) is 0 Å². The van der Waals surface area contributed by atoms with Crippen molar-refractivity contribution >= 4 is 0 Å². The molecule has 0 aliphatic heterocycles. The maximum Gasteiger partial charge on any atom is 0.0537 e. The lowest BCUT2D eigenvalue weighted by atomic mass is 9.95. The summed E-state index contributed by atoms with van der Waals surface area (Å²) < 4.78 is 2.32. The van der Waals surface area contributed by atoms with Crippen molar-refractivity contribution in [3.63, 3.8) is 0 Å². The fraction of sp³-hybridized carbons (Fsp3) is 0.800. The normalized spacial score (nSPS) is 17.2. The van der Waals surface area contributed by atoms with Crippen LogP contribution >= 0.6 is 0 Å². The molecule has 1 aromatic heterocycles. The highest BCUT2D eigenvalue weighted by molar-refractivity contribution is 5.18. The molecule has 0 bridgehead atoms. The molecule has 2 rings (SSSR count). The summed E-state index contributed by atoms with van der Waals surface area (Å²) in [4.78, 5) is 0. The smallest absolute Gasteiger partial charge is 0.0537 e. The highest BCUT2D eigenvalue weighted by Crippen LogP contribution is 2.29. The molecular weight excluding hydrogens is 222 g/mol. The van der Waals surface area contributed by atoms with E-state index in [2.05, 4.69) is 35.1 Å². The summed E-state index contributed by atoms with van der Waals surface area (Å²) in [6.45, 7) is 6.53. The fourth-order valence-electron chi connectivity index (χ4n) is 3.00. The van der Waals surface area contributed by atoms with E-state index in [9.17, 15) is 0 Å². The Labute approximate surface area is 111 Å². The van der Waals surface area contributed by atoms with Crippen LogP contribution in [0.15, 0.2) is 6.20 Å². The van der Waals surface area contributed by atoms with Gasteiger partial charge in [-0.25, -0.2) is 0 Å². The van der Waals surface area contributed by atoms with E-state index in [1.165, 1.54) is 49.8 Å². The van der Waals surface area contributed by atoms with E-state index >= 15 is 0 Å². The predicted octanol–water partition coefficient (Wildman–Crippen LogP) is 3.45. The molecule has 1 saturated carbocycles. The van der Waals surface area contributed by atoms with Gasteiger partial charge in [-0.05, 0) is 32.2 Å². The molecule has 0 spiro atoms. The molecule has 1 aliphatic carbocycles. The van der Waals surface area contributed by atoms with Gasteiger partial charge in [-0.3, -0.25) is 4.68 Å². The van der Waals surface area contributed by atoms with Gasteiger partial charge < -0.3 is 5.32 Å². The monoisotopic (exact) mass is 249 g/mol. The molecule has 1 heterocycles. The third-order valence-electron chi connectivity index (χ3n) is 3.98. The van der Waals surface area contributed by atoms with Gasteiger partial charge in [-0.1, -0.05) is 33.1 Å². The highest BCUT2D eigenvalue weighted by Gasteiger charge is 2.19. The zero-order chi connectivity index (χ0) is 12.8. The Morgan fingerprint density at radius 1 is 1.28 bits per heavy atom. The standard InChI is InChI=1S/C15H27N3/c1-3-10-16-11-13-12-17-18(15(13)4-2)14-8-6-5-7-9-14/h12,14,16H,3-11H2,1-2H3. The molecule has 1 aliphatic rings. The second-order valence-corrected chi connectivity index (χ2v) is 5.38. The first-order valence-corrected chi connectivity index (χ1v) is 7.62. The summed E-state index contributed by atoms with van der Waals surface area (Å²) in [5.41, 5.74) is 2.85. The fourth-order valence-corrected chi connectivity index (χ4v) is 3.00. The van der Waals surface area contributed by atoms with Crippen molar-refractivity contribution < 1.29 is 0 Å². The van der Waals surface area contributed by atoms with Crippen molar-refractivity contribution in [1.29, 1.82) is 0 Å². The van der Waals surface area contributed by atoms with Gasteiger partial charge in [-0.2, -0.15) is 5.10 Å². The third-order valence-corrected chi connectivity index (χ3v) is 3.98. The molecule has 3 heteroatoms. The lowest BCUT2D eigenvalue weighted by Crippen LogP contribution is -2.18. The van der Waals surface area contributed by atoms with Crippen LogP contribution in [0.4, 0.5) is 0 Å². The first-order valence-electron chi connectivity index (χ1n) is 7.62. The molecule has 0 atom stereocenters. The molecule has 0 unspecified atom stereocenters. The predicted molar refractivity (Wildman–Crippen MR) is 75.7 cm³/mol. The van der Waals surface area contributed by atoms with Gasteiger partial charge >= 0.3 is 0 Å². The number of rotatable bonds is 6. The van der Waals surface area contributed by atoms with Gasteiger partial charge in [0.2, 0.25) is 0 Å². The highest BCUT2D eigenvalue weighted by atomic mass is 15.3. The van der Waals surface area contributed by atoms with Gasteiger partial charge in [-0.15, -0.1) is 0 Å². The zero-order valence-corrected chi connectivity index (χ0v) is 11.9. The Morgan fingerprint density at radius 2 is 2.06 bits per heavy atom. The first-order chi connectivity index (χ1) is 8.86. The number of aromatic nitrogens is 2. The summed E-state index contributed by atoms with van der Waals surface area (Å²) in [6.07, 6.45) is 11.2. The van der Waals surface area contributed by atoms with E-state index in [-0.39, 0.29) is 0 Å². The Kier molecular flexibility index (Phi) is 5.24. The van der Waals surface area contributed by atoms with Crippen LogP contribution in [-0.4, -0.2) is 16.3 Å². The van der Waals surface area contributed by atoms with Crippen LogP contribution in [-0.2, 0) is 13.0 Å². The Morgan fingerprint density at radius 3 is 2.72 bits per heavy atom. The average Bonchev–Trinajstić information content (AvgIpc) is 2.83. The summed E-state index contributed by atoms with van der Waals surface area (Å²) in [5.74, 6) is 0. The van der Waals surface area contributed by atoms with Crippen molar-refractivity contribution in [3.05, 3.63) is 17.5 Å². The van der Waals surface area contributed by atoms with E-state index in [1.54, 1.807) is 0 Å². The molecule has 0 radical (unpaired) electrons. The van der Waals surface area contributed by atoms with Crippen LogP contribution < -0.4 is 5.32 Å². The van der Waals surface area contributed by atoms with E-state index in [1.807, 2.05) is 0 Å². The minimum Gasteiger partial charge on any atom is -0.313 e. The lowest BCUT2D eigenvalue weighted by Gasteiger charge is -2.24. The van der Waals surface area contributed by atoms with Gasteiger partial charge in [0.25, 0.3) is 0 Å². The second-order valence-electron chi connectivity index (χ2n) is 5.38. The third kappa shape index (κ3) is 3.14. The minimum atomic E-state index is 0.661. The molecular formula is C15H27N3. The SMILES string of the molecule is CCCNCc1cnn(C2CCCCC2)c1CC. The van der Waals surface area contributed by atoms with Crippen molar-refractivity contribution in [2.45, 2.75) is 71.4 Å². The molecule has 0 aromatic carbocycles. The number of hydrogen-bond acceptors (Lipinski definition) is 2. The van der Waals surface area contributed by atoms with Crippen molar-refractivity contribution in [2.75, 3.05) is 6.54 Å². The number of hydrogen-bond donors (Lipinski definition) is 1. The minimum absolute atomic E-state index is 0.661. The average molecular weight is 249 g/mol. The maximum absolute atomic E-state index is 4.67. The number of nitrogens with zero attached hydrogens (tertiary/aromatic N) is 2. The van der Waals surface area contributed by atoms with Crippen molar-refractivity contribution in [1.82, 2.24) is 15.1 Å². The topological polar surface area (TPSA) is 29.9 Å². The molecule has 1 aromatic rings. The van der Waals surface area contributed by atoms with Crippen molar-refractivity contribution in [3.8, 4) is 0 Å². The quantitative estimate of drug-likeness (QED) is 0.783. The van der Waals surface area contributed by atoms with Crippen LogP contribution in [0.1, 0.15) is 69.7 Å². The number of nitrogens with one attached hydrogen (secondary N) is 1. The summed E-state index contributed by atoms with van der Waals surface area (Å²) >= 11 is 0. The Hall–Kier alpha value is -0.830. The van der Waals surface area contributed by atoms with Crippen LogP contribution in [0, 0.1) is 0 Å². The molecule has 0 saturated heterocycles. The summed E-state index contributed by atoms with van der Waals surface area (Å²) in [6, 6.07) is 0.661. The van der Waals surface area contributed by atoms with E-state index in [4.69, 9.17) is 0 Å². The van der Waals surface area contributed by atoms with E-state index < -0.39 is 0 Å². The maximum atomic E-state index is 4.67. The van der Waals surface area contributed by atoms with E-state index in [0.717, 1.165) is 19.5 Å². The summed E-state index contributed by atoms with van der Waals surface area (Å²) in [5, 5.41) is 8.16. The molecule has 18 heavy (non-hydrogen) atoms. The van der Waals surface area contributed by atoms with Gasteiger partial charge in [0, 0.05) is 17.8 Å². The molecule has 3 nitrogen and oxygen atoms in total. The van der Waals surface area contributed by atoms with E-state index in [0.29, 0.717) is 6.04 Å². The molecule has 1 fully saturated rings. The van der Waals surface area contributed by atoms with Gasteiger partial charge in [0.1, 0.15) is 0 Å². The zero-order valence-electron chi connectivity index (χ0n) is 11.9. The van der Waals surface area contributed by atoms with Crippen LogP contribution in [0.5, 0.6) is 0 Å². The first kappa shape index (κ1) is 13.6. The Bertz CT molecular complexity index is 351. The van der Waals surface area contributed by atoms with Crippen LogP contribution in [0.3, 0.4) is 0 Å². The van der Waals surface area contributed by atoms with Crippen LogP contribution in [0.25, 0.3) is 0 Å². The summed E-state index contributed by atoms with van der Waals surface area (Å²) in [7, 11) is 0. The second kappa shape index (κ2) is 6.93. The van der Waals surface area contributed by atoms with Crippen LogP contribution in [0.2, 0.25) is 0 Å². The molecule has 102 valence electrons.